The van der Waals surface area contributed by atoms with E-state index in [-0.39, 0.29) is 10.6 Å². The van der Waals surface area contributed by atoms with E-state index in [1.165, 1.54) is 0 Å². The van der Waals surface area contributed by atoms with Crippen LogP contribution in [0.3, 0.4) is 0 Å². The highest BCUT2D eigenvalue weighted by molar-refractivity contribution is 5.60. The van der Waals surface area contributed by atoms with Crippen molar-refractivity contribution >= 4 is 11.5 Å². The average molecular weight is 238 g/mol. The highest BCUT2D eigenvalue weighted by Gasteiger charge is 2.31. The standard InChI is InChI=1S/C11H18N4O2/c1-4-14-11(12-9-5-7(2)6-9)10(15(16)17)8(3)13-14/h7,9,12H,4-6H2,1-3H3. The van der Waals surface area contributed by atoms with Gasteiger partial charge in [0, 0.05) is 12.6 Å². The molecule has 0 aromatic carbocycles. The summed E-state index contributed by atoms with van der Waals surface area (Å²) < 4.78 is 1.68. The van der Waals surface area contributed by atoms with Gasteiger partial charge in [0.1, 0.15) is 5.69 Å². The molecule has 0 radical (unpaired) electrons. The number of aromatic nitrogens is 2. The van der Waals surface area contributed by atoms with Crippen molar-refractivity contribution in [2.45, 2.75) is 46.2 Å². The molecule has 2 rings (SSSR count). The molecule has 1 saturated carbocycles. The van der Waals surface area contributed by atoms with Gasteiger partial charge in [-0.05, 0) is 32.6 Å². The lowest BCUT2D eigenvalue weighted by molar-refractivity contribution is -0.384. The molecule has 1 heterocycles. The molecule has 17 heavy (non-hydrogen) atoms. The van der Waals surface area contributed by atoms with Crippen LogP contribution in [0.4, 0.5) is 11.5 Å². The van der Waals surface area contributed by atoms with E-state index in [2.05, 4.69) is 17.3 Å². The summed E-state index contributed by atoms with van der Waals surface area (Å²) in [5.74, 6) is 1.28. The van der Waals surface area contributed by atoms with Crippen LogP contribution in [0.2, 0.25) is 0 Å². The number of nitrogens with zero attached hydrogens (tertiary/aromatic N) is 3. The van der Waals surface area contributed by atoms with Crippen molar-refractivity contribution in [3.8, 4) is 0 Å². The fourth-order valence-electron chi connectivity index (χ4n) is 2.38. The van der Waals surface area contributed by atoms with Gasteiger partial charge in [-0.2, -0.15) is 5.10 Å². The van der Waals surface area contributed by atoms with Crippen molar-refractivity contribution in [2.24, 2.45) is 5.92 Å². The number of hydrogen-bond donors (Lipinski definition) is 1. The summed E-state index contributed by atoms with van der Waals surface area (Å²) in [6.07, 6.45) is 2.15. The Balaban J connectivity index is 2.26. The summed E-state index contributed by atoms with van der Waals surface area (Å²) in [5.41, 5.74) is 0.595. The molecule has 1 fully saturated rings. The van der Waals surface area contributed by atoms with Gasteiger partial charge in [-0.25, -0.2) is 4.68 Å². The van der Waals surface area contributed by atoms with E-state index in [0.29, 0.717) is 30.0 Å². The van der Waals surface area contributed by atoms with Crippen molar-refractivity contribution in [2.75, 3.05) is 5.32 Å². The zero-order valence-corrected chi connectivity index (χ0v) is 10.4. The Morgan fingerprint density at radius 2 is 2.24 bits per heavy atom. The molecule has 1 N–H and O–H groups in total. The second-order valence-electron chi connectivity index (χ2n) is 4.77. The van der Waals surface area contributed by atoms with E-state index in [4.69, 9.17) is 0 Å². The number of rotatable bonds is 4. The van der Waals surface area contributed by atoms with E-state index >= 15 is 0 Å². The highest BCUT2D eigenvalue weighted by Crippen LogP contribution is 2.34. The van der Waals surface area contributed by atoms with Crippen LogP contribution in [0.15, 0.2) is 0 Å². The van der Waals surface area contributed by atoms with E-state index in [9.17, 15) is 10.1 Å². The zero-order valence-electron chi connectivity index (χ0n) is 10.4. The largest absolute Gasteiger partial charge is 0.362 e. The molecule has 0 saturated heterocycles. The number of hydrogen-bond acceptors (Lipinski definition) is 4. The van der Waals surface area contributed by atoms with Gasteiger partial charge < -0.3 is 5.32 Å². The fourth-order valence-corrected chi connectivity index (χ4v) is 2.38. The monoisotopic (exact) mass is 238 g/mol. The Hall–Kier alpha value is -1.59. The minimum absolute atomic E-state index is 0.117. The lowest BCUT2D eigenvalue weighted by Gasteiger charge is -2.33. The molecular formula is C11H18N4O2. The molecule has 1 aliphatic carbocycles. The van der Waals surface area contributed by atoms with Gasteiger partial charge in [0.05, 0.1) is 4.92 Å². The van der Waals surface area contributed by atoms with E-state index in [0.717, 1.165) is 12.8 Å². The maximum atomic E-state index is 11.0. The Labute approximate surface area is 100 Å². The zero-order chi connectivity index (χ0) is 12.6. The predicted molar refractivity (Wildman–Crippen MR) is 65.1 cm³/mol. The maximum Gasteiger partial charge on any atom is 0.333 e. The molecule has 6 nitrogen and oxygen atoms in total. The minimum Gasteiger partial charge on any atom is -0.362 e. The predicted octanol–water partition coefficient (Wildman–Crippen LogP) is 2.33. The third-order valence-electron chi connectivity index (χ3n) is 3.29. The number of anilines is 1. The molecule has 0 bridgehead atoms. The Bertz CT molecular complexity index is 435. The molecule has 1 aliphatic rings. The molecule has 1 aromatic rings. The van der Waals surface area contributed by atoms with Gasteiger partial charge >= 0.3 is 5.69 Å². The first-order valence-electron chi connectivity index (χ1n) is 6.01. The van der Waals surface area contributed by atoms with Crippen LogP contribution in [-0.2, 0) is 6.54 Å². The first-order chi connectivity index (χ1) is 8.02. The molecule has 0 amide bonds. The van der Waals surface area contributed by atoms with Gasteiger partial charge in [-0.15, -0.1) is 0 Å². The Morgan fingerprint density at radius 3 is 2.71 bits per heavy atom. The average Bonchev–Trinajstić information content (AvgIpc) is 2.52. The summed E-state index contributed by atoms with van der Waals surface area (Å²) in [5, 5.41) is 18.5. The highest BCUT2D eigenvalue weighted by atomic mass is 16.6. The molecule has 0 spiro atoms. The quantitative estimate of drug-likeness (QED) is 0.645. The summed E-state index contributed by atoms with van der Waals surface area (Å²) in [6.45, 7) is 6.44. The van der Waals surface area contributed by atoms with Crippen LogP contribution >= 0.6 is 0 Å². The second-order valence-corrected chi connectivity index (χ2v) is 4.77. The summed E-state index contributed by atoms with van der Waals surface area (Å²) >= 11 is 0. The maximum absolute atomic E-state index is 11.0. The van der Waals surface area contributed by atoms with Crippen molar-refractivity contribution in [1.29, 1.82) is 0 Å². The van der Waals surface area contributed by atoms with Crippen LogP contribution in [0.25, 0.3) is 0 Å². The van der Waals surface area contributed by atoms with Gasteiger partial charge in [0.15, 0.2) is 0 Å². The lowest BCUT2D eigenvalue weighted by atomic mass is 9.82. The topological polar surface area (TPSA) is 73.0 Å². The van der Waals surface area contributed by atoms with Crippen LogP contribution in [0.1, 0.15) is 32.4 Å². The number of aryl methyl sites for hydroxylation is 2. The van der Waals surface area contributed by atoms with Crippen LogP contribution in [0.5, 0.6) is 0 Å². The normalized spacial score (nSPS) is 23.2. The first-order valence-corrected chi connectivity index (χ1v) is 6.01. The molecule has 0 unspecified atom stereocenters. The van der Waals surface area contributed by atoms with Gasteiger partial charge in [0.25, 0.3) is 0 Å². The fraction of sp³-hybridized carbons (Fsp3) is 0.727. The third kappa shape index (κ3) is 2.11. The smallest absolute Gasteiger partial charge is 0.333 e. The van der Waals surface area contributed by atoms with Crippen molar-refractivity contribution in [3.63, 3.8) is 0 Å². The molecule has 0 atom stereocenters. The van der Waals surface area contributed by atoms with Crippen LogP contribution in [-0.4, -0.2) is 20.7 Å². The minimum atomic E-state index is -0.348. The van der Waals surface area contributed by atoms with E-state index < -0.39 is 0 Å². The molecular weight excluding hydrogens is 220 g/mol. The SMILES string of the molecule is CCn1nc(C)c([N+](=O)[O-])c1NC1CC(C)C1. The third-order valence-corrected chi connectivity index (χ3v) is 3.29. The molecule has 6 heteroatoms. The van der Waals surface area contributed by atoms with Crippen LogP contribution in [0, 0.1) is 23.0 Å². The van der Waals surface area contributed by atoms with Gasteiger partial charge in [0.2, 0.25) is 5.82 Å². The first kappa shape index (κ1) is 11.9. The van der Waals surface area contributed by atoms with Crippen molar-refractivity contribution < 1.29 is 4.92 Å². The summed E-state index contributed by atoms with van der Waals surface area (Å²) in [7, 11) is 0. The van der Waals surface area contributed by atoms with Gasteiger partial charge in [-0.3, -0.25) is 10.1 Å². The molecule has 94 valence electrons. The van der Waals surface area contributed by atoms with E-state index in [1.807, 2.05) is 6.92 Å². The van der Waals surface area contributed by atoms with Gasteiger partial charge in [-0.1, -0.05) is 6.92 Å². The van der Waals surface area contributed by atoms with Crippen molar-refractivity contribution in [3.05, 3.63) is 15.8 Å². The molecule has 0 aliphatic heterocycles. The number of nitrogens with one attached hydrogen (secondary N) is 1. The van der Waals surface area contributed by atoms with Crippen LogP contribution < -0.4 is 5.32 Å². The summed E-state index contributed by atoms with van der Waals surface area (Å²) in [4.78, 5) is 10.7. The Morgan fingerprint density at radius 1 is 1.59 bits per heavy atom. The second kappa shape index (κ2) is 4.35. The van der Waals surface area contributed by atoms with Crippen molar-refractivity contribution in [1.82, 2.24) is 9.78 Å². The molecule has 1 aromatic heterocycles. The van der Waals surface area contributed by atoms with E-state index in [1.54, 1.807) is 11.6 Å². The lowest BCUT2D eigenvalue weighted by Crippen LogP contribution is -2.34. The Kier molecular flexibility index (Phi) is 3.04. The summed E-state index contributed by atoms with van der Waals surface area (Å²) in [6, 6.07) is 0.352. The number of nitro groups is 1.